The monoisotopic (exact) mass is 270 g/mol. The van der Waals surface area contributed by atoms with Gasteiger partial charge in [0.1, 0.15) is 0 Å². The van der Waals surface area contributed by atoms with Gasteiger partial charge in [-0.1, -0.05) is 0 Å². The van der Waals surface area contributed by atoms with Crippen LogP contribution in [0.5, 0.6) is 0 Å². The Kier molecular flexibility index (Phi) is 6.18. The van der Waals surface area contributed by atoms with E-state index in [1.54, 1.807) is 11.8 Å². The lowest BCUT2D eigenvalue weighted by atomic mass is 10.4. The molecule has 0 radical (unpaired) electrons. The molecule has 0 bridgehead atoms. The maximum Gasteiger partial charge on any atom is 0.394 e. The van der Waals surface area contributed by atoms with Crippen LogP contribution in [-0.4, -0.2) is 47.9 Å². The van der Waals surface area contributed by atoms with Gasteiger partial charge in [0, 0.05) is 12.7 Å². The molecule has 1 heterocycles. The van der Waals surface area contributed by atoms with Crippen LogP contribution in [0, 0.1) is 0 Å². The first-order valence-corrected chi connectivity index (χ1v) is 6.42. The van der Waals surface area contributed by atoms with E-state index in [9.17, 15) is 0 Å². The molecule has 0 spiro atoms. The Balaban J connectivity index is 0.000000385. The maximum absolute atomic E-state index is 8.74. The molecule has 6 N–H and O–H groups in total. The number of likely N-dealkylation sites (N-methyl/N-ethyl adjacent to an activating group) is 1. The van der Waals surface area contributed by atoms with E-state index in [0.717, 1.165) is 5.88 Å². The van der Waals surface area contributed by atoms with Crippen LogP contribution in [0.15, 0.2) is 16.1 Å². The van der Waals surface area contributed by atoms with Crippen molar-refractivity contribution in [1.29, 1.82) is 0 Å². The van der Waals surface area contributed by atoms with Gasteiger partial charge in [0.25, 0.3) is 0 Å². The lowest BCUT2D eigenvalue weighted by Gasteiger charge is -2.12. The van der Waals surface area contributed by atoms with Gasteiger partial charge in [0.05, 0.1) is 12.4 Å². The summed E-state index contributed by atoms with van der Waals surface area (Å²) >= 11 is 1.75. The molecule has 0 saturated heterocycles. The third kappa shape index (κ3) is 9.58. The number of hydrogen-bond acceptors (Lipinski definition) is 5. The third-order valence-corrected chi connectivity index (χ3v) is 2.38. The van der Waals surface area contributed by atoms with E-state index in [0.29, 0.717) is 6.54 Å². The Bertz CT molecular complexity index is 366. The smallest absolute Gasteiger partial charge is 0.370 e. The SMILES string of the molecule is CN1CSC=C1CN=C(N)N.O=S(=O)(O)O. The van der Waals surface area contributed by atoms with Crippen molar-refractivity contribution in [2.24, 2.45) is 16.5 Å². The molecule has 0 atom stereocenters. The van der Waals surface area contributed by atoms with E-state index in [2.05, 4.69) is 15.3 Å². The van der Waals surface area contributed by atoms with E-state index in [4.69, 9.17) is 29.0 Å². The fourth-order valence-corrected chi connectivity index (χ4v) is 1.66. The minimum atomic E-state index is -4.67. The molecular weight excluding hydrogens is 256 g/mol. The minimum Gasteiger partial charge on any atom is -0.370 e. The third-order valence-electron chi connectivity index (χ3n) is 1.40. The average Bonchev–Trinajstić information content (AvgIpc) is 2.44. The first-order valence-electron chi connectivity index (χ1n) is 3.97. The van der Waals surface area contributed by atoms with Crippen molar-refractivity contribution in [3.05, 3.63) is 11.1 Å². The fourth-order valence-electron chi connectivity index (χ4n) is 0.748. The predicted molar refractivity (Wildman–Crippen MR) is 63.2 cm³/mol. The summed E-state index contributed by atoms with van der Waals surface area (Å²) in [6.07, 6.45) is 0. The zero-order valence-corrected chi connectivity index (χ0v) is 10.2. The summed E-state index contributed by atoms with van der Waals surface area (Å²) in [6, 6.07) is 0. The maximum atomic E-state index is 8.74. The number of guanidine groups is 1. The first-order chi connectivity index (χ1) is 7.20. The van der Waals surface area contributed by atoms with E-state index >= 15 is 0 Å². The van der Waals surface area contributed by atoms with Gasteiger partial charge in [-0.3, -0.25) is 9.11 Å². The molecule has 0 amide bonds. The Hall–Kier alpha value is -0.970. The van der Waals surface area contributed by atoms with E-state index < -0.39 is 10.4 Å². The van der Waals surface area contributed by atoms with Gasteiger partial charge in [0.15, 0.2) is 5.96 Å². The highest BCUT2D eigenvalue weighted by Crippen LogP contribution is 2.20. The number of aliphatic imine (C=N–C) groups is 1. The van der Waals surface area contributed by atoms with Crippen molar-refractivity contribution in [1.82, 2.24) is 4.90 Å². The van der Waals surface area contributed by atoms with Crippen LogP contribution in [0.2, 0.25) is 0 Å². The summed E-state index contributed by atoms with van der Waals surface area (Å²) in [5.74, 6) is 1.14. The van der Waals surface area contributed by atoms with Crippen molar-refractivity contribution in [2.75, 3.05) is 19.5 Å². The second-order valence-electron chi connectivity index (χ2n) is 2.79. The van der Waals surface area contributed by atoms with Gasteiger partial charge in [-0.15, -0.1) is 11.8 Å². The van der Waals surface area contributed by atoms with Crippen molar-refractivity contribution < 1.29 is 17.5 Å². The summed E-state index contributed by atoms with van der Waals surface area (Å²) in [6.45, 7) is 0.589. The molecule has 8 nitrogen and oxygen atoms in total. The molecule has 0 aromatic carbocycles. The standard InChI is InChI=1S/C6H12N4S.H2O4S/c1-10-4-11-3-5(10)2-9-6(7)8;1-5(2,3)4/h3H,2,4H2,1H3,(H4,7,8,9);(H2,1,2,3,4). The Morgan fingerprint density at radius 1 is 1.62 bits per heavy atom. The zero-order valence-electron chi connectivity index (χ0n) is 8.57. The van der Waals surface area contributed by atoms with Crippen molar-refractivity contribution in [3.63, 3.8) is 0 Å². The van der Waals surface area contributed by atoms with Gasteiger partial charge in [0.2, 0.25) is 0 Å². The quantitative estimate of drug-likeness (QED) is 0.287. The van der Waals surface area contributed by atoms with Crippen molar-refractivity contribution in [2.45, 2.75) is 0 Å². The van der Waals surface area contributed by atoms with E-state index in [1.807, 2.05) is 7.05 Å². The highest BCUT2D eigenvalue weighted by molar-refractivity contribution is 8.02. The summed E-state index contributed by atoms with van der Waals surface area (Å²) < 4.78 is 31.6. The zero-order chi connectivity index (χ0) is 12.8. The Morgan fingerprint density at radius 3 is 2.44 bits per heavy atom. The molecule has 1 aliphatic heterocycles. The van der Waals surface area contributed by atoms with Crippen LogP contribution in [0.1, 0.15) is 0 Å². The lowest BCUT2D eigenvalue weighted by molar-refractivity contribution is 0.381. The molecule has 1 rings (SSSR count). The number of nitrogens with two attached hydrogens (primary N) is 2. The number of thioether (sulfide) groups is 1. The second-order valence-corrected chi connectivity index (χ2v) is 4.51. The molecule has 0 aromatic rings. The molecule has 0 fully saturated rings. The summed E-state index contributed by atoms with van der Waals surface area (Å²) in [4.78, 5) is 6.03. The van der Waals surface area contributed by atoms with Crippen LogP contribution >= 0.6 is 11.8 Å². The molecule has 0 aromatic heterocycles. The van der Waals surface area contributed by atoms with Gasteiger partial charge in [-0.25, -0.2) is 4.99 Å². The molecular formula is C6H14N4O4S2. The molecule has 16 heavy (non-hydrogen) atoms. The first kappa shape index (κ1) is 15.0. The molecule has 1 aliphatic rings. The minimum absolute atomic E-state index is 0.149. The van der Waals surface area contributed by atoms with Gasteiger partial charge in [-0.05, 0) is 5.41 Å². The fraction of sp³-hybridized carbons (Fsp3) is 0.500. The van der Waals surface area contributed by atoms with Crippen molar-refractivity contribution in [3.8, 4) is 0 Å². The van der Waals surface area contributed by atoms with Crippen LogP contribution in [0.3, 0.4) is 0 Å². The van der Waals surface area contributed by atoms with Crippen LogP contribution < -0.4 is 11.5 Å². The van der Waals surface area contributed by atoms with E-state index in [-0.39, 0.29) is 5.96 Å². The van der Waals surface area contributed by atoms with Crippen molar-refractivity contribution >= 4 is 28.1 Å². The summed E-state index contributed by atoms with van der Waals surface area (Å²) in [5, 5.41) is 2.08. The molecule has 0 saturated carbocycles. The molecule has 0 aliphatic carbocycles. The number of nitrogens with zero attached hydrogens (tertiary/aromatic N) is 2. The lowest BCUT2D eigenvalue weighted by Crippen LogP contribution is -2.24. The predicted octanol–water partition coefficient (Wildman–Crippen LogP) is -0.915. The van der Waals surface area contributed by atoms with Crippen LogP contribution in [0.25, 0.3) is 0 Å². The Morgan fingerprint density at radius 2 is 2.12 bits per heavy atom. The highest BCUT2D eigenvalue weighted by Gasteiger charge is 2.09. The highest BCUT2D eigenvalue weighted by atomic mass is 32.3. The molecule has 94 valence electrons. The van der Waals surface area contributed by atoms with Gasteiger partial charge >= 0.3 is 10.4 Å². The Labute approximate surface area is 98.0 Å². The van der Waals surface area contributed by atoms with Gasteiger partial charge in [-0.2, -0.15) is 8.42 Å². The second kappa shape index (κ2) is 6.58. The number of hydrogen-bond donors (Lipinski definition) is 4. The largest absolute Gasteiger partial charge is 0.394 e. The van der Waals surface area contributed by atoms with Gasteiger partial charge < -0.3 is 16.4 Å². The van der Waals surface area contributed by atoms with E-state index in [1.165, 1.54) is 5.70 Å². The summed E-state index contributed by atoms with van der Waals surface area (Å²) in [5.41, 5.74) is 11.6. The topological polar surface area (TPSA) is 142 Å². The number of rotatable bonds is 2. The van der Waals surface area contributed by atoms with Crippen LogP contribution in [-0.2, 0) is 10.4 Å². The normalized spacial score (nSPS) is 14.9. The van der Waals surface area contributed by atoms with Crippen LogP contribution in [0.4, 0.5) is 0 Å². The summed E-state index contributed by atoms with van der Waals surface area (Å²) in [7, 11) is -2.64. The average molecular weight is 270 g/mol. The molecule has 10 heteroatoms. The molecule has 0 unspecified atom stereocenters.